The van der Waals surface area contributed by atoms with E-state index in [1.807, 2.05) is 29.4 Å². The Morgan fingerprint density at radius 2 is 2.00 bits per heavy atom. The summed E-state index contributed by atoms with van der Waals surface area (Å²) in [4.78, 5) is 9.05. The largest absolute Gasteiger partial charge is 0.360 e. The lowest BCUT2D eigenvalue weighted by atomic mass is 10.1. The summed E-state index contributed by atoms with van der Waals surface area (Å²) in [6, 6.07) is 3.17. The van der Waals surface area contributed by atoms with E-state index in [-0.39, 0.29) is 0 Å². The van der Waals surface area contributed by atoms with Gasteiger partial charge in [0.2, 0.25) is 0 Å². The molecule has 7 heteroatoms. The molecule has 3 aromatic rings. The van der Waals surface area contributed by atoms with E-state index in [4.69, 9.17) is 4.74 Å². The zero-order chi connectivity index (χ0) is 17.3. The summed E-state index contributed by atoms with van der Waals surface area (Å²) >= 11 is 1.63. The molecule has 0 aliphatic rings. The molecule has 0 radical (unpaired) electrons. The first kappa shape index (κ1) is 17.3. The van der Waals surface area contributed by atoms with Crippen molar-refractivity contribution in [1.82, 2.24) is 19.7 Å². The molecule has 0 amide bonds. The number of nitrogens with zero attached hydrogens (tertiary/aromatic N) is 4. The van der Waals surface area contributed by atoms with Crippen LogP contribution in [-0.2, 0) is 11.5 Å². The molecule has 0 N–H and O–H groups in total. The van der Waals surface area contributed by atoms with Crippen molar-refractivity contribution >= 4 is 29.6 Å². The van der Waals surface area contributed by atoms with E-state index in [0.717, 1.165) is 39.5 Å². The second-order valence-corrected chi connectivity index (χ2v) is 13.8. The molecule has 0 atom stereocenters. The van der Waals surface area contributed by atoms with Gasteiger partial charge in [-0.05, 0) is 26.0 Å². The van der Waals surface area contributed by atoms with Crippen molar-refractivity contribution in [2.24, 2.45) is 0 Å². The van der Waals surface area contributed by atoms with Gasteiger partial charge in [-0.15, -0.1) is 11.3 Å². The van der Waals surface area contributed by atoms with Crippen LogP contribution in [0.3, 0.4) is 0 Å². The summed E-state index contributed by atoms with van der Waals surface area (Å²) in [5, 5.41) is 4.65. The predicted octanol–water partition coefficient (Wildman–Crippen LogP) is 4.48. The molecule has 0 aromatic carbocycles. The van der Waals surface area contributed by atoms with Crippen LogP contribution in [0, 0.1) is 13.8 Å². The molecule has 0 saturated carbocycles. The van der Waals surface area contributed by atoms with E-state index in [1.54, 1.807) is 11.3 Å². The molecular weight excluding hydrogens is 336 g/mol. The summed E-state index contributed by atoms with van der Waals surface area (Å²) in [6.45, 7) is 12.5. The third-order valence-corrected chi connectivity index (χ3v) is 6.58. The SMILES string of the molecule is Cc1nn(COCC[Si](C)(C)C)c(C)c1-c1nccc2scnc12. The third kappa shape index (κ3) is 3.58. The van der Waals surface area contributed by atoms with Crippen LogP contribution in [0.5, 0.6) is 0 Å². The maximum Gasteiger partial charge on any atom is 0.139 e. The highest BCUT2D eigenvalue weighted by Gasteiger charge is 2.18. The van der Waals surface area contributed by atoms with Crippen LogP contribution in [0.2, 0.25) is 25.7 Å². The first-order valence-electron chi connectivity index (χ1n) is 8.17. The monoisotopic (exact) mass is 360 g/mol. The molecule has 0 bridgehead atoms. The van der Waals surface area contributed by atoms with E-state index < -0.39 is 8.07 Å². The molecule has 0 aliphatic heterocycles. The summed E-state index contributed by atoms with van der Waals surface area (Å²) < 4.78 is 8.94. The minimum absolute atomic E-state index is 0.490. The Bertz CT molecular complexity index is 850. The zero-order valence-corrected chi connectivity index (χ0v) is 16.8. The van der Waals surface area contributed by atoms with Crippen LogP contribution in [-0.4, -0.2) is 34.4 Å². The van der Waals surface area contributed by atoms with Gasteiger partial charge >= 0.3 is 0 Å². The maximum atomic E-state index is 5.85. The Morgan fingerprint density at radius 1 is 1.21 bits per heavy atom. The molecule has 3 aromatic heterocycles. The minimum Gasteiger partial charge on any atom is -0.360 e. The van der Waals surface area contributed by atoms with Gasteiger partial charge in [0.25, 0.3) is 0 Å². The Kier molecular flexibility index (Phi) is 4.84. The molecule has 3 heterocycles. The van der Waals surface area contributed by atoms with Gasteiger partial charge in [-0.1, -0.05) is 19.6 Å². The van der Waals surface area contributed by atoms with E-state index in [0.29, 0.717) is 6.73 Å². The van der Waals surface area contributed by atoms with E-state index >= 15 is 0 Å². The summed E-state index contributed by atoms with van der Waals surface area (Å²) in [5.74, 6) is 0. The van der Waals surface area contributed by atoms with Gasteiger partial charge in [0.15, 0.2) is 0 Å². The first-order chi connectivity index (χ1) is 11.4. The zero-order valence-electron chi connectivity index (χ0n) is 15.0. The number of pyridine rings is 1. The highest BCUT2D eigenvalue weighted by atomic mass is 32.1. The van der Waals surface area contributed by atoms with Crippen molar-refractivity contribution in [3.63, 3.8) is 0 Å². The quantitative estimate of drug-likeness (QED) is 0.480. The molecular formula is C17H24N4OSSi. The van der Waals surface area contributed by atoms with Gasteiger partial charge in [0.1, 0.15) is 17.9 Å². The van der Waals surface area contributed by atoms with Crippen LogP contribution in [0.15, 0.2) is 17.8 Å². The molecule has 5 nitrogen and oxygen atoms in total. The minimum atomic E-state index is -1.06. The number of hydrogen-bond donors (Lipinski definition) is 0. The molecule has 0 aliphatic carbocycles. The van der Waals surface area contributed by atoms with Crippen molar-refractivity contribution in [3.05, 3.63) is 29.2 Å². The lowest BCUT2D eigenvalue weighted by molar-refractivity contribution is 0.0770. The Morgan fingerprint density at radius 3 is 2.75 bits per heavy atom. The fraction of sp³-hybridized carbons (Fsp3) is 0.471. The van der Waals surface area contributed by atoms with Crippen molar-refractivity contribution in [2.45, 2.75) is 46.3 Å². The smallest absolute Gasteiger partial charge is 0.139 e. The normalized spacial score (nSPS) is 12.2. The second kappa shape index (κ2) is 6.74. The number of fused-ring (bicyclic) bond motifs is 1. The molecule has 128 valence electrons. The summed E-state index contributed by atoms with van der Waals surface area (Å²) in [5.41, 5.74) is 6.85. The fourth-order valence-electron chi connectivity index (χ4n) is 2.67. The fourth-order valence-corrected chi connectivity index (χ4v) is 4.10. The molecule has 0 fully saturated rings. The Balaban J connectivity index is 1.83. The number of aromatic nitrogens is 4. The van der Waals surface area contributed by atoms with Crippen molar-refractivity contribution in [1.29, 1.82) is 0 Å². The highest BCUT2D eigenvalue weighted by molar-refractivity contribution is 7.16. The van der Waals surface area contributed by atoms with Gasteiger partial charge in [-0.2, -0.15) is 5.10 Å². The lowest BCUT2D eigenvalue weighted by Crippen LogP contribution is -2.22. The van der Waals surface area contributed by atoms with Crippen LogP contribution in [0.25, 0.3) is 21.5 Å². The number of hydrogen-bond acceptors (Lipinski definition) is 5. The lowest BCUT2D eigenvalue weighted by Gasteiger charge is -2.15. The molecule has 3 rings (SSSR count). The summed E-state index contributed by atoms with van der Waals surface area (Å²) in [7, 11) is -1.06. The van der Waals surface area contributed by atoms with E-state index in [2.05, 4.69) is 41.6 Å². The van der Waals surface area contributed by atoms with Crippen LogP contribution < -0.4 is 0 Å². The topological polar surface area (TPSA) is 52.8 Å². The molecule has 0 saturated heterocycles. The van der Waals surface area contributed by atoms with Crippen LogP contribution in [0.4, 0.5) is 0 Å². The van der Waals surface area contributed by atoms with Gasteiger partial charge in [0, 0.05) is 32.1 Å². The summed E-state index contributed by atoms with van der Waals surface area (Å²) in [6.07, 6.45) is 1.84. The van der Waals surface area contributed by atoms with Crippen LogP contribution in [0.1, 0.15) is 11.4 Å². The Hall–Kier alpha value is -1.57. The molecule has 0 unspecified atom stereocenters. The van der Waals surface area contributed by atoms with Crippen molar-refractivity contribution in [2.75, 3.05) is 6.61 Å². The van der Waals surface area contributed by atoms with Gasteiger partial charge in [0.05, 0.1) is 15.9 Å². The second-order valence-electron chi connectivity index (χ2n) is 7.25. The first-order valence-corrected chi connectivity index (χ1v) is 12.8. The Labute approximate surface area is 147 Å². The van der Waals surface area contributed by atoms with Crippen molar-refractivity contribution in [3.8, 4) is 11.3 Å². The van der Waals surface area contributed by atoms with E-state index in [1.165, 1.54) is 6.04 Å². The average molecular weight is 361 g/mol. The van der Waals surface area contributed by atoms with Gasteiger partial charge in [-0.3, -0.25) is 4.98 Å². The predicted molar refractivity (Wildman–Crippen MR) is 102 cm³/mol. The standard InChI is InChI=1S/C17H24N4OSSi/c1-12-15(17-16-14(6-7-18-17)23-10-19-16)13(2)21(20-12)11-22-8-9-24(3,4)5/h6-7,10H,8-9,11H2,1-5H3. The number of thiazole rings is 1. The molecule has 0 spiro atoms. The van der Waals surface area contributed by atoms with E-state index in [9.17, 15) is 0 Å². The highest BCUT2D eigenvalue weighted by Crippen LogP contribution is 2.31. The number of rotatable bonds is 6. The van der Waals surface area contributed by atoms with Crippen LogP contribution >= 0.6 is 11.3 Å². The van der Waals surface area contributed by atoms with Crippen molar-refractivity contribution < 1.29 is 4.74 Å². The molecule has 24 heavy (non-hydrogen) atoms. The number of aryl methyl sites for hydroxylation is 1. The maximum absolute atomic E-state index is 5.85. The number of ether oxygens (including phenoxy) is 1. The average Bonchev–Trinajstić information content (AvgIpc) is 3.08. The van der Waals surface area contributed by atoms with Gasteiger partial charge < -0.3 is 4.74 Å². The van der Waals surface area contributed by atoms with Gasteiger partial charge in [-0.25, -0.2) is 9.67 Å². The third-order valence-electron chi connectivity index (χ3n) is 4.08.